The van der Waals surface area contributed by atoms with Gasteiger partial charge in [0.1, 0.15) is 0 Å². The van der Waals surface area contributed by atoms with E-state index in [9.17, 15) is 8.78 Å². The average Bonchev–Trinajstić information content (AvgIpc) is 2.59. The number of hydrogen-bond acceptors (Lipinski definition) is 1. The maximum atomic E-state index is 14.1. The molecule has 2 aromatic rings. The maximum Gasteiger partial charge on any atom is 0.201 e. The van der Waals surface area contributed by atoms with Crippen LogP contribution in [-0.4, -0.2) is 6.61 Å². The van der Waals surface area contributed by atoms with Crippen molar-refractivity contribution in [3.63, 3.8) is 0 Å². The van der Waals surface area contributed by atoms with E-state index in [4.69, 9.17) is 4.74 Å². The van der Waals surface area contributed by atoms with Gasteiger partial charge in [0.15, 0.2) is 11.6 Å². The van der Waals surface area contributed by atoms with Crippen LogP contribution in [0.15, 0.2) is 36.4 Å². The molecule has 0 atom stereocenters. The van der Waals surface area contributed by atoms with Crippen molar-refractivity contribution in [1.82, 2.24) is 0 Å². The van der Waals surface area contributed by atoms with Gasteiger partial charge in [-0.05, 0) is 37.6 Å². The lowest BCUT2D eigenvalue weighted by atomic mass is 10.1. The van der Waals surface area contributed by atoms with Crippen molar-refractivity contribution in [1.29, 1.82) is 0 Å². The zero-order chi connectivity index (χ0) is 17.4. The lowest BCUT2D eigenvalue weighted by Gasteiger charge is -2.08. The number of halogens is 2. The molecule has 2 rings (SSSR count). The van der Waals surface area contributed by atoms with Gasteiger partial charge in [-0.2, -0.15) is 4.39 Å². The first-order valence-electron chi connectivity index (χ1n) is 8.31. The minimum atomic E-state index is -0.971. The Hall–Kier alpha value is -2.34. The minimum absolute atomic E-state index is 0.0337. The van der Waals surface area contributed by atoms with Crippen molar-refractivity contribution in [3.05, 3.63) is 64.7 Å². The second-order valence-corrected chi connectivity index (χ2v) is 5.76. The Labute approximate surface area is 142 Å². The summed E-state index contributed by atoms with van der Waals surface area (Å²) >= 11 is 0. The summed E-state index contributed by atoms with van der Waals surface area (Å²) in [7, 11) is 0. The summed E-state index contributed by atoms with van der Waals surface area (Å²) in [6.45, 7) is 4.49. The quantitative estimate of drug-likeness (QED) is 0.493. The Morgan fingerprint density at radius 1 is 0.875 bits per heavy atom. The second-order valence-electron chi connectivity index (χ2n) is 5.76. The summed E-state index contributed by atoms with van der Waals surface area (Å²) in [4.78, 5) is 0. The Bertz CT molecular complexity index is 724. The highest BCUT2D eigenvalue weighted by molar-refractivity contribution is 5.46. The predicted octanol–water partition coefficient (Wildman–Crippen LogP) is 5.63. The van der Waals surface area contributed by atoms with Crippen LogP contribution in [0.2, 0.25) is 0 Å². The molecule has 0 amide bonds. The van der Waals surface area contributed by atoms with E-state index in [0.717, 1.165) is 36.8 Å². The lowest BCUT2D eigenvalue weighted by molar-refractivity contribution is 0.285. The second kappa shape index (κ2) is 9.08. The van der Waals surface area contributed by atoms with Gasteiger partial charge >= 0.3 is 0 Å². The molecule has 0 spiro atoms. The molecular weight excluding hydrogens is 306 g/mol. The topological polar surface area (TPSA) is 9.23 Å². The third kappa shape index (κ3) is 5.09. The van der Waals surface area contributed by atoms with E-state index in [1.807, 2.05) is 31.2 Å². The van der Waals surface area contributed by atoms with Gasteiger partial charge in [-0.3, -0.25) is 0 Å². The average molecular weight is 328 g/mol. The SMILES string of the molecule is CCCCCCOc1ccc(C#Cc2ccc(C)cc2)c(F)c1F. The Morgan fingerprint density at radius 2 is 1.62 bits per heavy atom. The molecule has 0 bridgehead atoms. The summed E-state index contributed by atoms with van der Waals surface area (Å²) in [5, 5.41) is 0. The van der Waals surface area contributed by atoms with Crippen molar-refractivity contribution in [2.24, 2.45) is 0 Å². The van der Waals surface area contributed by atoms with Crippen LogP contribution in [0, 0.1) is 30.4 Å². The van der Waals surface area contributed by atoms with Crippen LogP contribution >= 0.6 is 0 Å². The molecule has 0 saturated carbocycles. The molecule has 3 heteroatoms. The molecule has 24 heavy (non-hydrogen) atoms. The molecule has 0 aromatic heterocycles. The fraction of sp³-hybridized carbons (Fsp3) is 0.333. The number of rotatable bonds is 6. The van der Waals surface area contributed by atoms with Crippen molar-refractivity contribution < 1.29 is 13.5 Å². The Balaban J connectivity index is 2.05. The van der Waals surface area contributed by atoms with Crippen molar-refractivity contribution in [2.45, 2.75) is 39.5 Å². The van der Waals surface area contributed by atoms with Crippen LogP contribution in [0.3, 0.4) is 0 Å². The largest absolute Gasteiger partial charge is 0.490 e. The maximum absolute atomic E-state index is 14.1. The number of aryl methyl sites for hydroxylation is 1. The third-order valence-electron chi connectivity index (χ3n) is 3.70. The van der Waals surface area contributed by atoms with Crippen LogP contribution in [0.5, 0.6) is 5.75 Å². The predicted molar refractivity (Wildman–Crippen MR) is 93.2 cm³/mol. The molecule has 1 nitrogen and oxygen atoms in total. The van der Waals surface area contributed by atoms with Gasteiger partial charge in [-0.25, -0.2) is 4.39 Å². The molecule has 126 valence electrons. The van der Waals surface area contributed by atoms with Crippen molar-refractivity contribution in [2.75, 3.05) is 6.61 Å². The molecule has 0 radical (unpaired) electrons. The fourth-order valence-electron chi connectivity index (χ4n) is 2.23. The number of ether oxygens (including phenoxy) is 1. The lowest BCUT2D eigenvalue weighted by Crippen LogP contribution is -2.01. The Kier molecular flexibility index (Phi) is 6.81. The van der Waals surface area contributed by atoms with E-state index in [1.54, 1.807) is 0 Å². The zero-order valence-electron chi connectivity index (χ0n) is 14.2. The van der Waals surface area contributed by atoms with Gasteiger partial charge < -0.3 is 4.74 Å². The van der Waals surface area contributed by atoms with Gasteiger partial charge in [0, 0.05) is 5.56 Å². The van der Waals surface area contributed by atoms with Crippen molar-refractivity contribution >= 4 is 0 Å². The summed E-state index contributed by atoms with van der Waals surface area (Å²) in [6.07, 6.45) is 4.11. The van der Waals surface area contributed by atoms with Crippen LogP contribution in [0.1, 0.15) is 49.3 Å². The van der Waals surface area contributed by atoms with Gasteiger partial charge in [0.2, 0.25) is 5.82 Å². The van der Waals surface area contributed by atoms with E-state index in [-0.39, 0.29) is 11.3 Å². The first-order valence-corrected chi connectivity index (χ1v) is 8.31. The minimum Gasteiger partial charge on any atom is -0.490 e. The van der Waals surface area contributed by atoms with E-state index < -0.39 is 11.6 Å². The molecule has 0 aliphatic carbocycles. The number of hydrogen-bond donors (Lipinski definition) is 0. The van der Waals surface area contributed by atoms with Crippen LogP contribution in [0.4, 0.5) is 8.78 Å². The molecule has 0 N–H and O–H groups in total. The smallest absolute Gasteiger partial charge is 0.201 e. The molecule has 0 aliphatic rings. The van der Waals surface area contributed by atoms with E-state index in [1.165, 1.54) is 12.1 Å². The van der Waals surface area contributed by atoms with E-state index >= 15 is 0 Å². The van der Waals surface area contributed by atoms with Gasteiger partial charge in [-0.1, -0.05) is 55.7 Å². The Morgan fingerprint density at radius 3 is 2.33 bits per heavy atom. The molecule has 0 fully saturated rings. The fourth-order valence-corrected chi connectivity index (χ4v) is 2.23. The van der Waals surface area contributed by atoms with E-state index in [2.05, 4.69) is 18.8 Å². The summed E-state index contributed by atoms with van der Waals surface area (Å²) in [5.74, 6) is 3.54. The molecule has 2 aromatic carbocycles. The zero-order valence-corrected chi connectivity index (χ0v) is 14.2. The molecule has 0 aliphatic heterocycles. The standard InChI is InChI=1S/C21H22F2O/c1-3-4-5-6-15-24-19-14-13-18(20(22)21(19)23)12-11-17-9-7-16(2)8-10-17/h7-10,13-14H,3-6,15H2,1-2H3. The molecule has 0 saturated heterocycles. The first kappa shape index (κ1) is 18.0. The number of benzene rings is 2. The van der Waals surface area contributed by atoms with Crippen LogP contribution in [0.25, 0.3) is 0 Å². The number of unbranched alkanes of at least 4 members (excludes halogenated alkanes) is 3. The van der Waals surface area contributed by atoms with Gasteiger partial charge in [-0.15, -0.1) is 0 Å². The third-order valence-corrected chi connectivity index (χ3v) is 3.70. The van der Waals surface area contributed by atoms with Gasteiger partial charge in [0.25, 0.3) is 0 Å². The summed E-state index contributed by atoms with van der Waals surface area (Å²) in [6, 6.07) is 10.5. The molecule has 0 heterocycles. The van der Waals surface area contributed by atoms with Crippen molar-refractivity contribution in [3.8, 4) is 17.6 Å². The highest BCUT2D eigenvalue weighted by Gasteiger charge is 2.13. The van der Waals surface area contributed by atoms with E-state index in [0.29, 0.717) is 6.61 Å². The normalized spacial score (nSPS) is 10.2. The molecule has 0 unspecified atom stereocenters. The van der Waals surface area contributed by atoms with Crippen LogP contribution < -0.4 is 4.74 Å². The van der Waals surface area contributed by atoms with Crippen LogP contribution in [-0.2, 0) is 0 Å². The highest BCUT2D eigenvalue weighted by atomic mass is 19.2. The monoisotopic (exact) mass is 328 g/mol. The van der Waals surface area contributed by atoms with Gasteiger partial charge in [0.05, 0.1) is 12.2 Å². The first-order chi connectivity index (χ1) is 11.6. The highest BCUT2D eigenvalue weighted by Crippen LogP contribution is 2.22. The molecular formula is C21H22F2O. The summed E-state index contributed by atoms with van der Waals surface area (Å²) < 4.78 is 33.5. The summed E-state index contributed by atoms with van der Waals surface area (Å²) in [5.41, 5.74) is 1.92.